The summed E-state index contributed by atoms with van der Waals surface area (Å²) >= 11 is 0. The van der Waals surface area contributed by atoms with Crippen LogP contribution in [0.15, 0.2) is 17.5 Å². The van der Waals surface area contributed by atoms with E-state index in [0.29, 0.717) is 11.1 Å². The number of nitrogens with two attached hydrogens (primary N) is 1. The highest BCUT2D eigenvalue weighted by Gasteiger charge is 2.29. The third kappa shape index (κ3) is 3.18. The fourth-order valence-corrected chi connectivity index (χ4v) is 2.64. The van der Waals surface area contributed by atoms with Gasteiger partial charge in [0, 0.05) is 13.1 Å². The maximum Gasteiger partial charge on any atom is 0.190 e. The number of aromatic nitrogens is 2. The van der Waals surface area contributed by atoms with Crippen LogP contribution in [0.2, 0.25) is 0 Å². The van der Waals surface area contributed by atoms with Crippen molar-refractivity contribution in [1.29, 1.82) is 0 Å². The topological polar surface area (TPSA) is 87.6 Å². The fraction of sp³-hybridized carbons (Fsp3) is 0.643. The van der Waals surface area contributed by atoms with Crippen LogP contribution in [0.1, 0.15) is 39.3 Å². The molecule has 20 heavy (non-hydrogen) atoms. The minimum absolute atomic E-state index is 0.0181. The third-order valence-corrected chi connectivity index (χ3v) is 4.05. The van der Waals surface area contributed by atoms with Crippen molar-refractivity contribution < 1.29 is 5.21 Å². The van der Waals surface area contributed by atoms with Gasteiger partial charge < -0.3 is 15.8 Å². The minimum Gasteiger partial charge on any atom is -0.409 e. The molecule has 0 aliphatic carbocycles. The highest BCUT2D eigenvalue weighted by molar-refractivity contribution is 5.94. The predicted octanol–water partition coefficient (Wildman–Crippen LogP) is 1.83. The molecule has 0 spiro atoms. The van der Waals surface area contributed by atoms with Gasteiger partial charge in [-0.3, -0.25) is 0 Å². The van der Waals surface area contributed by atoms with Gasteiger partial charge in [0.2, 0.25) is 0 Å². The summed E-state index contributed by atoms with van der Waals surface area (Å²) in [5.41, 5.74) is 6.23. The zero-order valence-corrected chi connectivity index (χ0v) is 12.4. The number of hydrogen-bond donors (Lipinski definition) is 2. The van der Waals surface area contributed by atoms with E-state index in [4.69, 9.17) is 10.9 Å². The first kappa shape index (κ1) is 14.6. The molecule has 1 aliphatic rings. The molecule has 1 aromatic rings. The molecule has 0 aromatic carbocycles. The summed E-state index contributed by atoms with van der Waals surface area (Å²) in [5.74, 6) is 1.59. The number of oxime groups is 1. The SMILES string of the molecule is CC(C)(C)C1CCN(c2cnc(C(N)=NO)cn2)CC1. The minimum atomic E-state index is -0.0181. The zero-order chi connectivity index (χ0) is 14.8. The predicted molar refractivity (Wildman–Crippen MR) is 78.9 cm³/mol. The highest BCUT2D eigenvalue weighted by Crippen LogP contribution is 2.35. The van der Waals surface area contributed by atoms with Crippen LogP contribution in [0, 0.1) is 11.3 Å². The molecule has 3 N–H and O–H groups in total. The average molecular weight is 277 g/mol. The molecule has 2 heterocycles. The summed E-state index contributed by atoms with van der Waals surface area (Å²) in [6.45, 7) is 8.91. The molecule has 0 radical (unpaired) electrons. The van der Waals surface area contributed by atoms with Crippen molar-refractivity contribution in [3.05, 3.63) is 18.1 Å². The van der Waals surface area contributed by atoms with Crippen LogP contribution < -0.4 is 10.6 Å². The van der Waals surface area contributed by atoms with Crippen molar-refractivity contribution in [1.82, 2.24) is 9.97 Å². The van der Waals surface area contributed by atoms with E-state index in [1.807, 2.05) is 0 Å². The van der Waals surface area contributed by atoms with Gasteiger partial charge in [0.1, 0.15) is 11.5 Å². The van der Waals surface area contributed by atoms with Crippen LogP contribution in [-0.2, 0) is 0 Å². The first-order valence-electron chi connectivity index (χ1n) is 6.96. The Morgan fingerprint density at radius 1 is 1.30 bits per heavy atom. The lowest BCUT2D eigenvalue weighted by Crippen LogP contribution is -2.38. The van der Waals surface area contributed by atoms with Crippen molar-refractivity contribution in [2.75, 3.05) is 18.0 Å². The molecule has 2 rings (SSSR count). The number of piperidine rings is 1. The second-order valence-electron chi connectivity index (χ2n) is 6.37. The normalized spacial score (nSPS) is 18.4. The van der Waals surface area contributed by atoms with E-state index < -0.39 is 0 Å². The van der Waals surface area contributed by atoms with Gasteiger partial charge >= 0.3 is 0 Å². The van der Waals surface area contributed by atoms with Crippen LogP contribution in [0.3, 0.4) is 0 Å². The van der Waals surface area contributed by atoms with Gasteiger partial charge in [-0.2, -0.15) is 0 Å². The summed E-state index contributed by atoms with van der Waals surface area (Å²) in [7, 11) is 0. The quantitative estimate of drug-likeness (QED) is 0.373. The summed E-state index contributed by atoms with van der Waals surface area (Å²) in [4.78, 5) is 10.8. The molecule has 1 saturated heterocycles. The Hall–Kier alpha value is -1.85. The smallest absolute Gasteiger partial charge is 0.190 e. The van der Waals surface area contributed by atoms with E-state index in [1.54, 1.807) is 12.4 Å². The van der Waals surface area contributed by atoms with Gasteiger partial charge in [0.15, 0.2) is 5.84 Å². The molecule has 6 nitrogen and oxygen atoms in total. The van der Waals surface area contributed by atoms with E-state index in [1.165, 1.54) is 12.8 Å². The number of nitrogens with zero attached hydrogens (tertiary/aromatic N) is 4. The molecule has 0 bridgehead atoms. The molecule has 0 atom stereocenters. The third-order valence-electron chi connectivity index (χ3n) is 4.05. The van der Waals surface area contributed by atoms with Crippen LogP contribution in [0.4, 0.5) is 5.82 Å². The van der Waals surface area contributed by atoms with Gasteiger partial charge in [-0.15, -0.1) is 0 Å². The molecular formula is C14H23N5O. The molecular weight excluding hydrogens is 254 g/mol. The molecule has 6 heteroatoms. The molecule has 0 saturated carbocycles. The van der Waals surface area contributed by atoms with Gasteiger partial charge in [-0.25, -0.2) is 9.97 Å². The first-order valence-corrected chi connectivity index (χ1v) is 6.96. The van der Waals surface area contributed by atoms with Crippen LogP contribution in [0.25, 0.3) is 0 Å². The van der Waals surface area contributed by atoms with Crippen LogP contribution in [-0.4, -0.2) is 34.1 Å². The van der Waals surface area contributed by atoms with E-state index >= 15 is 0 Å². The zero-order valence-electron chi connectivity index (χ0n) is 12.4. The van der Waals surface area contributed by atoms with Crippen molar-refractivity contribution in [2.24, 2.45) is 22.2 Å². The Labute approximate surface area is 119 Å². The summed E-state index contributed by atoms with van der Waals surface area (Å²) in [6, 6.07) is 0. The standard InChI is InChI=1S/C14H23N5O/c1-14(2,3)10-4-6-19(7-5-10)12-9-16-11(8-17-12)13(15)18-20/h8-10,20H,4-7H2,1-3H3,(H2,15,18). The van der Waals surface area contributed by atoms with Crippen LogP contribution >= 0.6 is 0 Å². The van der Waals surface area contributed by atoms with Gasteiger partial charge in [-0.05, 0) is 24.2 Å². The van der Waals surface area contributed by atoms with E-state index in [2.05, 4.69) is 40.8 Å². The van der Waals surface area contributed by atoms with E-state index in [-0.39, 0.29) is 5.84 Å². The van der Waals surface area contributed by atoms with Gasteiger partial charge in [0.05, 0.1) is 12.4 Å². The second-order valence-corrected chi connectivity index (χ2v) is 6.37. The Bertz CT molecular complexity index is 469. The number of anilines is 1. The summed E-state index contributed by atoms with van der Waals surface area (Å²) in [6.07, 6.45) is 5.57. The Morgan fingerprint density at radius 2 is 1.95 bits per heavy atom. The number of rotatable bonds is 2. The van der Waals surface area contributed by atoms with Gasteiger partial charge in [0.25, 0.3) is 0 Å². The number of hydrogen-bond acceptors (Lipinski definition) is 5. The molecule has 1 aliphatic heterocycles. The van der Waals surface area contributed by atoms with Crippen molar-refractivity contribution in [2.45, 2.75) is 33.6 Å². The maximum absolute atomic E-state index is 8.60. The van der Waals surface area contributed by atoms with E-state index in [0.717, 1.165) is 24.8 Å². The maximum atomic E-state index is 8.60. The Kier molecular flexibility index (Phi) is 4.11. The summed E-state index contributed by atoms with van der Waals surface area (Å²) < 4.78 is 0. The van der Waals surface area contributed by atoms with Crippen molar-refractivity contribution >= 4 is 11.7 Å². The Balaban J connectivity index is 2.01. The monoisotopic (exact) mass is 277 g/mol. The molecule has 0 amide bonds. The lowest BCUT2D eigenvalue weighted by Gasteiger charge is -2.39. The molecule has 1 fully saturated rings. The summed E-state index contributed by atoms with van der Waals surface area (Å²) in [5, 5.41) is 11.5. The lowest BCUT2D eigenvalue weighted by atomic mass is 9.75. The number of amidine groups is 1. The van der Waals surface area contributed by atoms with Crippen LogP contribution in [0.5, 0.6) is 0 Å². The van der Waals surface area contributed by atoms with Crippen molar-refractivity contribution in [3.63, 3.8) is 0 Å². The van der Waals surface area contributed by atoms with Crippen molar-refractivity contribution in [3.8, 4) is 0 Å². The van der Waals surface area contributed by atoms with E-state index in [9.17, 15) is 0 Å². The Morgan fingerprint density at radius 3 is 2.40 bits per heavy atom. The largest absolute Gasteiger partial charge is 0.409 e. The lowest BCUT2D eigenvalue weighted by molar-refractivity contribution is 0.198. The molecule has 1 aromatic heterocycles. The van der Waals surface area contributed by atoms with Gasteiger partial charge in [-0.1, -0.05) is 25.9 Å². The molecule has 0 unspecified atom stereocenters. The first-order chi connectivity index (χ1) is 9.41. The second kappa shape index (κ2) is 5.64. The fourth-order valence-electron chi connectivity index (χ4n) is 2.64. The highest BCUT2D eigenvalue weighted by atomic mass is 16.4. The average Bonchev–Trinajstić information content (AvgIpc) is 2.46. The molecule has 110 valence electrons.